The molecule has 26 heavy (non-hydrogen) atoms. The van der Waals surface area contributed by atoms with Gasteiger partial charge in [-0.3, -0.25) is 0 Å². The number of hydrogen-bond donors (Lipinski definition) is 2. The van der Waals surface area contributed by atoms with Gasteiger partial charge in [-0.15, -0.1) is 0 Å². The molecule has 0 radical (unpaired) electrons. The van der Waals surface area contributed by atoms with Gasteiger partial charge in [-0.25, -0.2) is 14.4 Å². The van der Waals surface area contributed by atoms with Gasteiger partial charge in [0, 0.05) is 6.42 Å². The summed E-state index contributed by atoms with van der Waals surface area (Å²) in [6, 6.07) is 14.2. The van der Waals surface area contributed by atoms with E-state index in [9.17, 15) is 14.4 Å². The van der Waals surface area contributed by atoms with Crippen LogP contribution >= 0.6 is 0 Å². The van der Waals surface area contributed by atoms with Gasteiger partial charge in [0.2, 0.25) is 0 Å². The predicted octanol–water partition coefficient (Wildman–Crippen LogP) is 2.40. The van der Waals surface area contributed by atoms with Crippen LogP contribution in [-0.4, -0.2) is 36.3 Å². The second-order valence-electron chi connectivity index (χ2n) is 5.49. The Morgan fingerprint density at radius 2 is 1.65 bits per heavy atom. The number of carbonyl (C=O) groups excluding carboxylic acids is 2. The summed E-state index contributed by atoms with van der Waals surface area (Å²) in [6.45, 7) is 0.0773. The van der Waals surface area contributed by atoms with Gasteiger partial charge in [0.1, 0.15) is 12.6 Å². The van der Waals surface area contributed by atoms with Crippen molar-refractivity contribution in [2.24, 2.45) is 0 Å². The summed E-state index contributed by atoms with van der Waals surface area (Å²) >= 11 is 0. The molecule has 2 aromatic rings. The number of carboxylic acids is 1. The van der Waals surface area contributed by atoms with Gasteiger partial charge in [-0.1, -0.05) is 42.5 Å². The quantitative estimate of drug-likeness (QED) is 0.738. The molecule has 2 aromatic carbocycles. The number of methoxy groups -OCH3 is 1. The molecule has 2 N–H and O–H groups in total. The molecule has 0 aromatic heterocycles. The number of esters is 1. The lowest BCUT2D eigenvalue weighted by Gasteiger charge is -2.16. The molecule has 0 saturated carbocycles. The second-order valence-corrected chi connectivity index (χ2v) is 5.49. The van der Waals surface area contributed by atoms with Gasteiger partial charge in [0.15, 0.2) is 0 Å². The maximum atomic E-state index is 12.0. The zero-order chi connectivity index (χ0) is 18.9. The van der Waals surface area contributed by atoms with Gasteiger partial charge in [-0.2, -0.15) is 0 Å². The SMILES string of the molecule is COC(=O)C(Cc1ccc(C(=O)O)cc1)NC(=O)OCc1ccccc1. The van der Waals surface area contributed by atoms with E-state index in [1.54, 1.807) is 12.1 Å². The first kappa shape index (κ1) is 19.0. The third kappa shape index (κ3) is 5.62. The molecule has 0 fully saturated rings. The van der Waals surface area contributed by atoms with Crippen LogP contribution < -0.4 is 5.32 Å². The molecule has 1 amide bonds. The van der Waals surface area contributed by atoms with Crippen LogP contribution in [0.2, 0.25) is 0 Å². The number of alkyl carbamates (subject to hydrolysis) is 1. The number of hydrogen-bond acceptors (Lipinski definition) is 5. The van der Waals surface area contributed by atoms with Crippen LogP contribution in [0.5, 0.6) is 0 Å². The smallest absolute Gasteiger partial charge is 0.408 e. The van der Waals surface area contributed by atoms with Crippen molar-refractivity contribution in [2.75, 3.05) is 7.11 Å². The summed E-state index contributed by atoms with van der Waals surface area (Å²) in [5, 5.41) is 11.4. The van der Waals surface area contributed by atoms with E-state index in [2.05, 4.69) is 5.32 Å². The highest BCUT2D eigenvalue weighted by Gasteiger charge is 2.23. The summed E-state index contributed by atoms with van der Waals surface area (Å²) in [5.41, 5.74) is 1.63. The van der Waals surface area contributed by atoms with Crippen molar-refractivity contribution < 1.29 is 29.0 Å². The Morgan fingerprint density at radius 1 is 1.00 bits per heavy atom. The van der Waals surface area contributed by atoms with Crippen LogP contribution in [0.1, 0.15) is 21.5 Å². The number of benzene rings is 2. The molecule has 0 aliphatic carbocycles. The number of nitrogens with one attached hydrogen (secondary N) is 1. The van der Waals surface area contributed by atoms with E-state index >= 15 is 0 Å². The lowest BCUT2D eigenvalue weighted by Crippen LogP contribution is -2.43. The molecule has 7 heteroatoms. The minimum Gasteiger partial charge on any atom is -0.478 e. The van der Waals surface area contributed by atoms with E-state index in [1.165, 1.54) is 19.2 Å². The Hall–Kier alpha value is -3.35. The number of ether oxygens (including phenoxy) is 2. The van der Waals surface area contributed by atoms with Crippen molar-refractivity contribution >= 4 is 18.0 Å². The van der Waals surface area contributed by atoms with Gasteiger partial charge in [0.05, 0.1) is 12.7 Å². The first-order chi connectivity index (χ1) is 12.5. The average Bonchev–Trinajstić information content (AvgIpc) is 2.66. The summed E-state index contributed by atoms with van der Waals surface area (Å²) in [7, 11) is 1.22. The lowest BCUT2D eigenvalue weighted by molar-refractivity contribution is -0.143. The topological polar surface area (TPSA) is 102 Å². The molecule has 136 valence electrons. The number of amides is 1. The van der Waals surface area contributed by atoms with Crippen LogP contribution in [0.4, 0.5) is 4.79 Å². The van der Waals surface area contributed by atoms with E-state index in [4.69, 9.17) is 14.6 Å². The third-order valence-electron chi connectivity index (χ3n) is 3.63. The lowest BCUT2D eigenvalue weighted by atomic mass is 10.0. The van der Waals surface area contributed by atoms with Crippen LogP contribution in [0.15, 0.2) is 54.6 Å². The molecule has 0 heterocycles. The average molecular weight is 357 g/mol. The van der Waals surface area contributed by atoms with Crippen molar-refractivity contribution in [3.05, 3.63) is 71.3 Å². The molecular weight excluding hydrogens is 338 g/mol. The number of aromatic carboxylic acids is 1. The number of rotatable bonds is 7. The summed E-state index contributed by atoms with van der Waals surface area (Å²) < 4.78 is 9.81. The van der Waals surface area contributed by atoms with Crippen LogP contribution in [0.25, 0.3) is 0 Å². The van der Waals surface area contributed by atoms with Crippen LogP contribution in [0, 0.1) is 0 Å². The Balaban J connectivity index is 1.96. The first-order valence-corrected chi connectivity index (χ1v) is 7.87. The van der Waals surface area contributed by atoms with Crippen molar-refractivity contribution in [2.45, 2.75) is 19.1 Å². The van der Waals surface area contributed by atoms with Gasteiger partial charge in [0.25, 0.3) is 0 Å². The fourth-order valence-electron chi connectivity index (χ4n) is 2.26. The Morgan fingerprint density at radius 3 is 2.23 bits per heavy atom. The van der Waals surface area contributed by atoms with Crippen molar-refractivity contribution in [1.29, 1.82) is 0 Å². The third-order valence-corrected chi connectivity index (χ3v) is 3.63. The molecule has 0 aliphatic heterocycles. The molecule has 7 nitrogen and oxygen atoms in total. The molecule has 0 aliphatic rings. The van der Waals surface area contributed by atoms with Crippen LogP contribution in [0.3, 0.4) is 0 Å². The van der Waals surface area contributed by atoms with Crippen molar-refractivity contribution in [3.8, 4) is 0 Å². The number of carboxylic acid groups (broad SMARTS) is 1. The summed E-state index contributed by atoms with van der Waals surface area (Å²) in [4.78, 5) is 34.8. The van der Waals surface area contributed by atoms with Gasteiger partial charge < -0.3 is 19.9 Å². The van der Waals surface area contributed by atoms with E-state index in [1.807, 2.05) is 30.3 Å². The summed E-state index contributed by atoms with van der Waals surface area (Å²) in [5.74, 6) is -1.66. The maximum absolute atomic E-state index is 12.0. The molecule has 1 unspecified atom stereocenters. The van der Waals surface area contributed by atoms with Crippen molar-refractivity contribution in [3.63, 3.8) is 0 Å². The second kappa shape index (κ2) is 9.22. The van der Waals surface area contributed by atoms with Gasteiger partial charge in [-0.05, 0) is 23.3 Å². The molecular formula is C19H19NO6. The van der Waals surface area contributed by atoms with Crippen LogP contribution in [-0.2, 0) is 27.3 Å². The minimum atomic E-state index is -1.04. The predicted molar refractivity (Wildman–Crippen MR) is 92.7 cm³/mol. The molecule has 0 saturated heterocycles. The Labute approximate surface area is 150 Å². The molecule has 0 bridgehead atoms. The molecule has 2 rings (SSSR count). The fraction of sp³-hybridized carbons (Fsp3) is 0.211. The monoisotopic (exact) mass is 357 g/mol. The highest BCUT2D eigenvalue weighted by Crippen LogP contribution is 2.09. The normalized spacial score (nSPS) is 11.3. The highest BCUT2D eigenvalue weighted by molar-refractivity contribution is 5.87. The van der Waals surface area contributed by atoms with E-state index in [-0.39, 0.29) is 18.6 Å². The van der Waals surface area contributed by atoms with E-state index in [0.717, 1.165) is 5.56 Å². The van der Waals surface area contributed by atoms with E-state index < -0.39 is 24.1 Å². The minimum absolute atomic E-state index is 0.0773. The Kier molecular flexibility index (Phi) is 6.73. The zero-order valence-corrected chi connectivity index (χ0v) is 14.2. The number of carbonyl (C=O) groups is 3. The first-order valence-electron chi connectivity index (χ1n) is 7.87. The highest BCUT2D eigenvalue weighted by atomic mass is 16.6. The van der Waals surface area contributed by atoms with E-state index in [0.29, 0.717) is 5.56 Å². The largest absolute Gasteiger partial charge is 0.478 e. The standard InChI is InChI=1S/C19H19NO6/c1-25-18(23)16(11-13-7-9-15(10-8-13)17(21)22)20-19(24)26-12-14-5-3-2-4-6-14/h2-10,16H,11-12H2,1H3,(H,20,24)(H,21,22). The zero-order valence-electron chi connectivity index (χ0n) is 14.2. The molecule has 1 atom stereocenters. The fourth-order valence-corrected chi connectivity index (χ4v) is 2.26. The Bertz CT molecular complexity index is 757. The van der Waals surface area contributed by atoms with Crippen molar-refractivity contribution in [1.82, 2.24) is 5.32 Å². The molecule has 0 spiro atoms. The summed E-state index contributed by atoms with van der Waals surface area (Å²) in [6.07, 6.45) is -0.598. The maximum Gasteiger partial charge on any atom is 0.408 e. The van der Waals surface area contributed by atoms with Gasteiger partial charge >= 0.3 is 18.0 Å².